The fraction of sp³-hybridized carbons (Fsp3) is 0.474. The molecule has 1 heterocycles. The van der Waals surface area contributed by atoms with Crippen molar-refractivity contribution in [1.29, 1.82) is 0 Å². The number of pyridine rings is 1. The second-order valence-electron chi connectivity index (χ2n) is 12.5. The standard InChI is InChI=1S/C35H46ClFN2O3.C2H6.CH2O/c1-10-22(3)12-13-25(21-38-26(11-2)19-32(40)41)23(4)35(8,9)17-16-30-33(42)27(34(5,6)7)20-31(39-30)24-14-15-28(36)29(37)18-24;2*1-2/h14-18,20-22,42H,4,10-13,19H2,1-3,5-9H3,(H,40,41);1-2H3;1H2/b17-16+,25-21-,38-26?;;. The lowest BCUT2D eigenvalue weighted by Crippen LogP contribution is -2.14. The maximum atomic E-state index is 14.3. The normalized spacial score (nSPS) is 13.0. The number of hydrogen-bond donors (Lipinski definition) is 2. The Morgan fingerprint density at radius 1 is 1.13 bits per heavy atom. The molecule has 0 saturated heterocycles. The van der Waals surface area contributed by atoms with E-state index in [0.717, 1.165) is 30.4 Å². The molecule has 0 spiro atoms. The molecule has 0 radical (unpaired) electrons. The molecule has 8 heteroatoms. The van der Waals surface area contributed by atoms with Gasteiger partial charge in [-0.25, -0.2) is 9.37 Å². The van der Waals surface area contributed by atoms with Crippen LogP contribution in [-0.4, -0.2) is 33.7 Å². The van der Waals surface area contributed by atoms with Crippen LogP contribution >= 0.6 is 11.6 Å². The number of halogens is 2. The summed E-state index contributed by atoms with van der Waals surface area (Å²) in [7, 11) is 0. The molecule has 1 atom stereocenters. The SMILES string of the molecule is C=C(/C(=C\N=C(CC)CC(=O)O)CCC(C)CC)C(C)(C)/C=C/c1nc(-c2ccc(Cl)c(F)c2)cc(C(C)(C)C)c1O.C=O.CC. The highest BCUT2D eigenvalue weighted by molar-refractivity contribution is 6.30. The fourth-order valence-corrected chi connectivity index (χ4v) is 4.47. The van der Waals surface area contributed by atoms with Gasteiger partial charge in [0.15, 0.2) is 0 Å². The predicted octanol–water partition coefficient (Wildman–Crippen LogP) is 11.0. The first-order valence-electron chi connectivity index (χ1n) is 15.8. The highest BCUT2D eigenvalue weighted by Gasteiger charge is 2.25. The van der Waals surface area contributed by atoms with Gasteiger partial charge in [0.1, 0.15) is 24.0 Å². The van der Waals surface area contributed by atoms with Crippen LogP contribution in [0.2, 0.25) is 5.02 Å². The third-order valence-corrected chi connectivity index (χ3v) is 7.94. The summed E-state index contributed by atoms with van der Waals surface area (Å²) < 4.78 is 14.3. The van der Waals surface area contributed by atoms with Gasteiger partial charge in [-0.1, -0.05) is 106 Å². The monoisotopic (exact) mass is 656 g/mol. The Labute approximate surface area is 281 Å². The van der Waals surface area contributed by atoms with Gasteiger partial charge < -0.3 is 15.0 Å². The lowest BCUT2D eigenvalue weighted by Gasteiger charge is -2.27. The van der Waals surface area contributed by atoms with Crippen LogP contribution in [0.4, 0.5) is 4.39 Å². The third-order valence-electron chi connectivity index (χ3n) is 7.64. The second kappa shape index (κ2) is 19.8. The van der Waals surface area contributed by atoms with Gasteiger partial charge in [-0.05, 0) is 66.0 Å². The molecule has 2 rings (SSSR count). The van der Waals surface area contributed by atoms with Gasteiger partial charge in [-0.15, -0.1) is 0 Å². The first-order valence-corrected chi connectivity index (χ1v) is 16.2. The fourth-order valence-electron chi connectivity index (χ4n) is 4.36. The van der Waals surface area contributed by atoms with Crippen molar-refractivity contribution < 1.29 is 24.2 Å². The summed E-state index contributed by atoms with van der Waals surface area (Å²) in [6.45, 7) is 26.7. The minimum atomic E-state index is -0.905. The Morgan fingerprint density at radius 3 is 2.24 bits per heavy atom. The molecular formula is C38H54ClFN2O4. The zero-order chi connectivity index (χ0) is 35.8. The average molecular weight is 657 g/mol. The zero-order valence-corrected chi connectivity index (χ0v) is 30.2. The van der Waals surface area contributed by atoms with Crippen LogP contribution in [0.5, 0.6) is 5.75 Å². The molecule has 1 unspecified atom stereocenters. The first kappa shape index (κ1) is 42.4. The van der Waals surface area contributed by atoms with E-state index < -0.39 is 22.6 Å². The first-order chi connectivity index (χ1) is 21.5. The number of hydrogen-bond acceptors (Lipinski definition) is 5. The molecule has 0 aliphatic rings. The Hall–Kier alpha value is -3.58. The van der Waals surface area contributed by atoms with Crippen LogP contribution in [0, 0.1) is 17.2 Å². The molecular weight excluding hydrogens is 603 g/mol. The largest absolute Gasteiger partial charge is 0.505 e. The molecule has 1 aromatic carbocycles. The summed E-state index contributed by atoms with van der Waals surface area (Å²) >= 11 is 5.91. The lowest BCUT2D eigenvalue weighted by molar-refractivity contribution is -0.135. The number of aliphatic imine (C=N–C) groups is 1. The number of nitrogens with zero attached hydrogens (tertiary/aromatic N) is 2. The van der Waals surface area contributed by atoms with Crippen LogP contribution < -0.4 is 0 Å². The van der Waals surface area contributed by atoms with Gasteiger partial charge in [0.2, 0.25) is 0 Å². The Balaban J connectivity index is 0.00000486. The van der Waals surface area contributed by atoms with Crippen molar-refractivity contribution in [2.75, 3.05) is 0 Å². The quantitative estimate of drug-likeness (QED) is 0.165. The predicted molar refractivity (Wildman–Crippen MR) is 192 cm³/mol. The van der Waals surface area contributed by atoms with Gasteiger partial charge in [0.25, 0.3) is 0 Å². The van der Waals surface area contributed by atoms with Crippen molar-refractivity contribution in [3.63, 3.8) is 0 Å². The topological polar surface area (TPSA) is 99.8 Å². The maximum Gasteiger partial charge on any atom is 0.309 e. The highest BCUT2D eigenvalue weighted by atomic mass is 35.5. The molecule has 46 heavy (non-hydrogen) atoms. The maximum absolute atomic E-state index is 14.3. The van der Waals surface area contributed by atoms with E-state index in [9.17, 15) is 19.4 Å². The van der Waals surface area contributed by atoms with E-state index in [1.54, 1.807) is 24.4 Å². The third kappa shape index (κ3) is 13.0. The summed E-state index contributed by atoms with van der Waals surface area (Å²) in [5.41, 5.74) is 3.60. The summed E-state index contributed by atoms with van der Waals surface area (Å²) in [6, 6.07) is 6.34. The van der Waals surface area contributed by atoms with E-state index in [1.165, 1.54) is 12.1 Å². The van der Waals surface area contributed by atoms with Gasteiger partial charge in [-0.3, -0.25) is 9.79 Å². The van der Waals surface area contributed by atoms with E-state index in [-0.39, 0.29) is 17.2 Å². The molecule has 0 fully saturated rings. The Morgan fingerprint density at radius 2 is 1.74 bits per heavy atom. The highest BCUT2D eigenvalue weighted by Crippen LogP contribution is 2.39. The number of carboxylic acid groups (broad SMARTS) is 1. The molecule has 2 N–H and O–H groups in total. The molecule has 0 amide bonds. The van der Waals surface area contributed by atoms with Gasteiger partial charge >= 0.3 is 5.97 Å². The van der Waals surface area contributed by atoms with Crippen molar-refractivity contribution in [2.24, 2.45) is 16.3 Å². The summed E-state index contributed by atoms with van der Waals surface area (Å²) in [5.74, 6) is -0.856. The van der Waals surface area contributed by atoms with E-state index in [2.05, 4.69) is 25.4 Å². The molecule has 0 aliphatic heterocycles. The van der Waals surface area contributed by atoms with Crippen molar-refractivity contribution in [2.45, 2.75) is 107 Å². The van der Waals surface area contributed by atoms with Crippen LogP contribution in [0.15, 0.2) is 59.3 Å². The van der Waals surface area contributed by atoms with Crippen molar-refractivity contribution >= 4 is 36.1 Å². The smallest absolute Gasteiger partial charge is 0.309 e. The second-order valence-corrected chi connectivity index (χ2v) is 12.9. The van der Waals surface area contributed by atoms with Crippen molar-refractivity contribution in [1.82, 2.24) is 4.98 Å². The molecule has 6 nitrogen and oxygen atoms in total. The molecule has 0 aliphatic carbocycles. The Kier molecular flexibility index (Phi) is 18.3. The van der Waals surface area contributed by atoms with E-state index in [1.807, 2.05) is 68.3 Å². The number of allylic oxidation sites excluding steroid dienone is 3. The van der Waals surface area contributed by atoms with E-state index in [4.69, 9.17) is 21.4 Å². The van der Waals surface area contributed by atoms with E-state index in [0.29, 0.717) is 40.6 Å². The van der Waals surface area contributed by atoms with Gasteiger partial charge in [0, 0.05) is 28.5 Å². The Bertz CT molecular complexity index is 1400. The number of rotatable bonds is 13. The summed E-state index contributed by atoms with van der Waals surface area (Å²) in [4.78, 5) is 28.5. The van der Waals surface area contributed by atoms with Crippen molar-refractivity contribution in [3.05, 3.63) is 76.4 Å². The minimum Gasteiger partial charge on any atom is -0.505 e. The number of carbonyl (C=O) groups is 2. The van der Waals surface area contributed by atoms with Crippen LogP contribution in [0.25, 0.3) is 17.3 Å². The number of aromatic nitrogens is 1. The molecule has 1 aromatic heterocycles. The zero-order valence-electron chi connectivity index (χ0n) is 29.4. The lowest BCUT2D eigenvalue weighted by atomic mass is 9.78. The van der Waals surface area contributed by atoms with Crippen LogP contribution in [0.3, 0.4) is 0 Å². The number of aliphatic carboxylic acids is 1. The number of benzene rings is 1. The minimum absolute atomic E-state index is 0.0319. The summed E-state index contributed by atoms with van der Waals surface area (Å²) in [6.07, 6.45) is 8.72. The van der Waals surface area contributed by atoms with E-state index >= 15 is 0 Å². The molecule has 0 bridgehead atoms. The number of carboxylic acids is 1. The molecule has 0 saturated carbocycles. The average Bonchev–Trinajstić information content (AvgIpc) is 3.01. The van der Waals surface area contributed by atoms with Crippen LogP contribution in [-0.2, 0) is 15.0 Å². The van der Waals surface area contributed by atoms with Gasteiger partial charge in [0.05, 0.1) is 17.1 Å². The molecule has 254 valence electrons. The number of carbonyl (C=O) groups excluding carboxylic acids is 1. The van der Waals surface area contributed by atoms with Crippen molar-refractivity contribution in [3.8, 4) is 17.0 Å². The summed E-state index contributed by atoms with van der Waals surface area (Å²) in [5, 5.41) is 20.5. The molecule has 2 aromatic rings. The number of aromatic hydroxyl groups is 1. The van der Waals surface area contributed by atoms with Gasteiger partial charge in [-0.2, -0.15) is 0 Å². The van der Waals surface area contributed by atoms with Crippen LogP contribution in [0.1, 0.15) is 113 Å².